The molecule has 11 heteroatoms. The summed E-state index contributed by atoms with van der Waals surface area (Å²) in [5, 5.41) is 8.68. The molecule has 1 saturated heterocycles. The number of nitrogens with two attached hydrogens (primary N) is 1. The summed E-state index contributed by atoms with van der Waals surface area (Å²) in [5.41, 5.74) is 6.99. The highest BCUT2D eigenvalue weighted by molar-refractivity contribution is 6.02. The van der Waals surface area contributed by atoms with Crippen LogP contribution in [0.4, 0.5) is 18.9 Å². The lowest BCUT2D eigenvalue weighted by atomic mass is 10.1. The van der Waals surface area contributed by atoms with Gasteiger partial charge in [-0.1, -0.05) is 23.8 Å². The standard InChI is InChI=1S/C28H36F3N5O3/c1-16-6-7-18(17(2)12-16)14-33-15-23(25(38)35-27(3,4)5)36-11-10-22(26(36)39)34-24(37)20-13-19(28(29,30)31)8-9-21(20)32/h6-9,12-13,22-23,33H,10-11,14-15,32H2,1-5H3,(H,34,37)(H,35,38)/t22-,23-/m0/s1. The van der Waals surface area contributed by atoms with Gasteiger partial charge in [0.1, 0.15) is 12.1 Å². The normalized spacial score (nSPS) is 16.8. The Hall–Kier alpha value is -3.60. The first-order valence-corrected chi connectivity index (χ1v) is 12.7. The number of amides is 3. The molecule has 2 aromatic rings. The summed E-state index contributed by atoms with van der Waals surface area (Å²) in [6.07, 6.45) is -4.46. The summed E-state index contributed by atoms with van der Waals surface area (Å²) < 4.78 is 39.4. The second-order valence-electron chi connectivity index (χ2n) is 11.0. The summed E-state index contributed by atoms with van der Waals surface area (Å²) in [5.74, 6) is -1.73. The molecule has 3 amide bonds. The number of hydrogen-bond donors (Lipinski definition) is 4. The Morgan fingerprint density at radius 1 is 1.10 bits per heavy atom. The summed E-state index contributed by atoms with van der Waals surface area (Å²) in [7, 11) is 0. The van der Waals surface area contributed by atoms with Crippen LogP contribution in [0.3, 0.4) is 0 Å². The molecule has 8 nitrogen and oxygen atoms in total. The highest BCUT2D eigenvalue weighted by Gasteiger charge is 2.40. The lowest BCUT2D eigenvalue weighted by Gasteiger charge is -2.31. The van der Waals surface area contributed by atoms with E-state index in [-0.39, 0.29) is 36.7 Å². The fourth-order valence-electron chi connectivity index (χ4n) is 4.50. The number of nitrogens with zero attached hydrogens (tertiary/aromatic N) is 1. The third-order valence-electron chi connectivity index (χ3n) is 6.50. The maximum Gasteiger partial charge on any atom is 0.416 e. The zero-order valence-electron chi connectivity index (χ0n) is 22.8. The van der Waals surface area contributed by atoms with Crippen molar-refractivity contribution in [3.8, 4) is 0 Å². The SMILES string of the molecule is Cc1ccc(CNC[C@@H](C(=O)NC(C)(C)C)N2CC[C@H](NC(=O)c3cc(C(F)(F)F)ccc3N)C2=O)c(C)c1. The Morgan fingerprint density at radius 2 is 1.79 bits per heavy atom. The molecule has 2 atom stereocenters. The minimum atomic E-state index is -4.65. The van der Waals surface area contributed by atoms with Gasteiger partial charge in [0.05, 0.1) is 11.1 Å². The van der Waals surface area contributed by atoms with Gasteiger partial charge in [-0.05, 0) is 70.4 Å². The zero-order valence-corrected chi connectivity index (χ0v) is 22.8. The molecule has 0 spiro atoms. The van der Waals surface area contributed by atoms with Crippen LogP contribution in [-0.4, -0.2) is 53.3 Å². The summed E-state index contributed by atoms with van der Waals surface area (Å²) in [4.78, 5) is 40.7. The van der Waals surface area contributed by atoms with Gasteiger partial charge in [-0.25, -0.2) is 0 Å². The number of benzene rings is 2. The molecule has 1 aliphatic rings. The van der Waals surface area contributed by atoms with Crippen LogP contribution in [-0.2, 0) is 22.3 Å². The molecule has 0 radical (unpaired) electrons. The van der Waals surface area contributed by atoms with Crippen LogP contribution in [0, 0.1) is 13.8 Å². The molecule has 5 N–H and O–H groups in total. The molecule has 1 heterocycles. The Kier molecular flexibility index (Phi) is 8.94. The second-order valence-corrected chi connectivity index (χ2v) is 11.0. The van der Waals surface area contributed by atoms with E-state index < -0.39 is 41.2 Å². The third kappa shape index (κ3) is 7.72. The van der Waals surface area contributed by atoms with E-state index in [0.717, 1.165) is 28.8 Å². The molecule has 0 bridgehead atoms. The van der Waals surface area contributed by atoms with E-state index in [2.05, 4.69) is 22.0 Å². The van der Waals surface area contributed by atoms with Gasteiger partial charge in [-0.2, -0.15) is 13.2 Å². The first kappa shape index (κ1) is 29.9. The Labute approximate surface area is 226 Å². The van der Waals surface area contributed by atoms with E-state index in [9.17, 15) is 27.6 Å². The maximum absolute atomic E-state index is 13.3. The molecule has 212 valence electrons. The number of halogens is 3. The van der Waals surface area contributed by atoms with Crippen molar-refractivity contribution in [2.45, 2.75) is 71.4 Å². The number of alkyl halides is 3. The first-order chi connectivity index (χ1) is 18.1. The van der Waals surface area contributed by atoms with E-state index in [0.29, 0.717) is 12.6 Å². The summed E-state index contributed by atoms with van der Waals surface area (Å²) in [6, 6.07) is 6.68. The Balaban J connectivity index is 1.74. The average Bonchev–Trinajstić information content (AvgIpc) is 3.15. The van der Waals surface area contributed by atoms with E-state index in [1.165, 1.54) is 4.90 Å². The fourth-order valence-corrected chi connectivity index (χ4v) is 4.50. The predicted molar refractivity (Wildman–Crippen MR) is 143 cm³/mol. The van der Waals surface area contributed by atoms with E-state index >= 15 is 0 Å². The number of rotatable bonds is 8. The lowest BCUT2D eigenvalue weighted by molar-refractivity contribution is -0.138. The molecule has 3 rings (SSSR count). The van der Waals surface area contributed by atoms with Crippen molar-refractivity contribution in [1.29, 1.82) is 0 Å². The second kappa shape index (κ2) is 11.6. The van der Waals surface area contributed by atoms with Crippen LogP contribution in [0.2, 0.25) is 0 Å². The first-order valence-electron chi connectivity index (χ1n) is 12.7. The van der Waals surface area contributed by atoms with Gasteiger partial charge >= 0.3 is 6.18 Å². The molecule has 0 aliphatic carbocycles. The van der Waals surface area contributed by atoms with Crippen LogP contribution in [0.25, 0.3) is 0 Å². The van der Waals surface area contributed by atoms with Gasteiger partial charge in [-0.3, -0.25) is 14.4 Å². The molecule has 0 saturated carbocycles. The zero-order chi connectivity index (χ0) is 29.1. The number of nitrogens with one attached hydrogen (secondary N) is 3. The van der Waals surface area contributed by atoms with E-state index in [4.69, 9.17) is 5.73 Å². The van der Waals surface area contributed by atoms with Crippen molar-refractivity contribution in [3.63, 3.8) is 0 Å². The van der Waals surface area contributed by atoms with Crippen molar-refractivity contribution < 1.29 is 27.6 Å². The summed E-state index contributed by atoms with van der Waals surface area (Å²) >= 11 is 0. The monoisotopic (exact) mass is 547 g/mol. The maximum atomic E-state index is 13.3. The number of carbonyl (C=O) groups excluding carboxylic acids is 3. The van der Waals surface area contributed by atoms with Crippen molar-refractivity contribution >= 4 is 23.4 Å². The molecule has 0 unspecified atom stereocenters. The number of hydrogen-bond acceptors (Lipinski definition) is 5. The topological polar surface area (TPSA) is 117 Å². The molecular weight excluding hydrogens is 511 g/mol. The highest BCUT2D eigenvalue weighted by Crippen LogP contribution is 2.31. The van der Waals surface area contributed by atoms with E-state index in [1.54, 1.807) is 0 Å². The molecule has 2 aromatic carbocycles. The molecule has 1 aliphatic heterocycles. The molecular formula is C28H36F3N5O3. The van der Waals surface area contributed by atoms with Crippen LogP contribution >= 0.6 is 0 Å². The van der Waals surface area contributed by atoms with Gasteiger partial charge in [-0.15, -0.1) is 0 Å². The fraction of sp³-hybridized carbons (Fsp3) is 0.464. The van der Waals surface area contributed by atoms with Crippen LogP contribution in [0.15, 0.2) is 36.4 Å². The van der Waals surface area contributed by atoms with Crippen molar-refractivity contribution in [1.82, 2.24) is 20.9 Å². The smallest absolute Gasteiger partial charge is 0.398 e. The van der Waals surface area contributed by atoms with Crippen molar-refractivity contribution in [3.05, 3.63) is 64.2 Å². The van der Waals surface area contributed by atoms with Crippen molar-refractivity contribution in [2.24, 2.45) is 0 Å². The van der Waals surface area contributed by atoms with Gasteiger partial charge in [0.25, 0.3) is 5.91 Å². The molecule has 0 aromatic heterocycles. The van der Waals surface area contributed by atoms with Crippen LogP contribution in [0.5, 0.6) is 0 Å². The van der Waals surface area contributed by atoms with Crippen LogP contribution < -0.4 is 21.7 Å². The molecule has 1 fully saturated rings. The lowest BCUT2D eigenvalue weighted by Crippen LogP contribution is -2.57. The quantitative estimate of drug-likeness (QED) is 0.379. The minimum absolute atomic E-state index is 0.138. The Morgan fingerprint density at radius 3 is 2.41 bits per heavy atom. The Bertz CT molecular complexity index is 1240. The van der Waals surface area contributed by atoms with Gasteiger partial charge < -0.3 is 26.6 Å². The number of likely N-dealkylation sites (tertiary alicyclic amines) is 1. The van der Waals surface area contributed by atoms with Gasteiger partial charge in [0.2, 0.25) is 11.8 Å². The van der Waals surface area contributed by atoms with E-state index in [1.807, 2.05) is 46.8 Å². The highest BCUT2D eigenvalue weighted by atomic mass is 19.4. The minimum Gasteiger partial charge on any atom is -0.398 e. The third-order valence-corrected chi connectivity index (χ3v) is 6.50. The number of anilines is 1. The number of aryl methyl sites for hydroxylation is 2. The van der Waals surface area contributed by atoms with Crippen molar-refractivity contribution in [2.75, 3.05) is 18.8 Å². The number of carbonyl (C=O) groups is 3. The predicted octanol–water partition coefficient (Wildman–Crippen LogP) is 3.31. The van der Waals surface area contributed by atoms with Gasteiger partial charge in [0.15, 0.2) is 0 Å². The van der Waals surface area contributed by atoms with Gasteiger partial charge in [0, 0.05) is 30.9 Å². The average molecular weight is 548 g/mol. The summed E-state index contributed by atoms with van der Waals surface area (Å²) in [6.45, 7) is 10.4. The van der Waals surface area contributed by atoms with Crippen LogP contribution in [0.1, 0.15) is 59.8 Å². The largest absolute Gasteiger partial charge is 0.416 e. The number of nitrogen functional groups attached to an aromatic ring is 1. The molecule has 39 heavy (non-hydrogen) atoms.